The molecule has 0 saturated heterocycles. The molecule has 0 aliphatic carbocycles. The Bertz CT molecular complexity index is 1520. The number of hydrogen-bond acceptors (Lipinski definition) is 4. The van der Waals surface area contributed by atoms with Crippen molar-refractivity contribution in [3.05, 3.63) is 87.9 Å². The SMILES string of the molecule is COc1c(C(=O)Nc2cc3nn(-c4ccc(C)cc4)nc3cc2C)cc2ccccc2c1Br. The Kier molecular flexibility index (Phi) is 5.34. The van der Waals surface area contributed by atoms with Crippen LogP contribution in [0, 0.1) is 13.8 Å². The molecular weight excluding hydrogens is 480 g/mol. The lowest BCUT2D eigenvalue weighted by atomic mass is 10.0. The lowest BCUT2D eigenvalue weighted by molar-refractivity contribution is 0.102. The van der Waals surface area contributed by atoms with Gasteiger partial charge in [-0.15, -0.1) is 10.2 Å². The molecule has 6 nitrogen and oxygen atoms in total. The number of carbonyl (C=O) groups excluding carboxylic acids is 1. The van der Waals surface area contributed by atoms with Crippen molar-refractivity contribution in [1.29, 1.82) is 0 Å². The maximum Gasteiger partial charge on any atom is 0.259 e. The highest BCUT2D eigenvalue weighted by molar-refractivity contribution is 9.10. The van der Waals surface area contributed by atoms with E-state index >= 15 is 0 Å². The third kappa shape index (κ3) is 3.85. The Morgan fingerprint density at radius 3 is 2.39 bits per heavy atom. The highest BCUT2D eigenvalue weighted by atomic mass is 79.9. The Balaban J connectivity index is 1.52. The average molecular weight is 501 g/mol. The van der Waals surface area contributed by atoms with Crippen LogP contribution in [0.3, 0.4) is 0 Å². The second-order valence-corrected chi connectivity index (χ2v) is 8.72. The Morgan fingerprint density at radius 1 is 0.970 bits per heavy atom. The molecule has 1 heterocycles. The molecule has 0 aliphatic heterocycles. The number of fused-ring (bicyclic) bond motifs is 2. The highest BCUT2D eigenvalue weighted by Gasteiger charge is 2.19. The van der Waals surface area contributed by atoms with E-state index in [0.717, 1.165) is 32.0 Å². The van der Waals surface area contributed by atoms with Crippen LogP contribution in [0.1, 0.15) is 21.5 Å². The minimum Gasteiger partial charge on any atom is -0.495 e. The van der Waals surface area contributed by atoms with Gasteiger partial charge in [0, 0.05) is 5.69 Å². The molecule has 7 heteroatoms. The molecule has 1 aromatic heterocycles. The third-order valence-corrected chi connectivity index (χ3v) is 6.42. The molecule has 33 heavy (non-hydrogen) atoms. The number of aryl methyl sites for hydroxylation is 2. The minimum absolute atomic E-state index is 0.258. The monoisotopic (exact) mass is 500 g/mol. The number of aromatic nitrogens is 3. The number of rotatable bonds is 4. The van der Waals surface area contributed by atoms with Crippen LogP contribution in [0.5, 0.6) is 5.75 Å². The van der Waals surface area contributed by atoms with Crippen LogP contribution in [0.4, 0.5) is 5.69 Å². The molecule has 1 N–H and O–H groups in total. The first-order valence-electron chi connectivity index (χ1n) is 10.5. The lowest BCUT2D eigenvalue weighted by Gasteiger charge is -2.14. The molecule has 5 aromatic rings. The number of ether oxygens (including phenoxy) is 1. The summed E-state index contributed by atoms with van der Waals surface area (Å²) in [6, 6.07) is 21.5. The molecule has 164 valence electrons. The predicted molar refractivity (Wildman–Crippen MR) is 134 cm³/mol. The zero-order chi connectivity index (χ0) is 23.1. The molecule has 0 atom stereocenters. The highest BCUT2D eigenvalue weighted by Crippen LogP contribution is 2.37. The number of halogens is 1. The van der Waals surface area contributed by atoms with E-state index in [4.69, 9.17) is 4.74 Å². The largest absolute Gasteiger partial charge is 0.495 e. The van der Waals surface area contributed by atoms with Crippen molar-refractivity contribution in [1.82, 2.24) is 15.0 Å². The number of amides is 1. The van der Waals surface area contributed by atoms with Gasteiger partial charge in [0.05, 0.1) is 22.8 Å². The van der Waals surface area contributed by atoms with Gasteiger partial charge >= 0.3 is 0 Å². The van der Waals surface area contributed by atoms with E-state index < -0.39 is 0 Å². The van der Waals surface area contributed by atoms with Crippen molar-refractivity contribution in [3.63, 3.8) is 0 Å². The first kappa shape index (κ1) is 21.2. The number of carbonyl (C=O) groups is 1. The fourth-order valence-electron chi connectivity index (χ4n) is 3.84. The van der Waals surface area contributed by atoms with Gasteiger partial charge in [-0.2, -0.15) is 4.80 Å². The topological polar surface area (TPSA) is 69.0 Å². The zero-order valence-electron chi connectivity index (χ0n) is 18.4. The van der Waals surface area contributed by atoms with Gasteiger partial charge in [-0.25, -0.2) is 0 Å². The average Bonchev–Trinajstić information content (AvgIpc) is 3.22. The van der Waals surface area contributed by atoms with Crippen LogP contribution in [0.25, 0.3) is 27.5 Å². The standard InChI is InChI=1S/C26H21BrN4O2/c1-15-8-10-18(11-9-15)31-29-22-12-16(2)21(14-23(22)30-31)28-26(32)20-13-17-6-4-5-7-19(17)24(27)25(20)33-3/h4-14H,1-3H3,(H,28,32). The molecule has 0 unspecified atom stereocenters. The first-order valence-corrected chi connectivity index (χ1v) is 11.3. The number of methoxy groups -OCH3 is 1. The molecule has 0 spiro atoms. The van der Waals surface area contributed by atoms with Crippen molar-refractivity contribution >= 4 is 49.3 Å². The summed E-state index contributed by atoms with van der Waals surface area (Å²) in [7, 11) is 1.56. The van der Waals surface area contributed by atoms with E-state index in [0.29, 0.717) is 22.5 Å². The van der Waals surface area contributed by atoms with Crippen molar-refractivity contribution in [2.75, 3.05) is 12.4 Å². The van der Waals surface area contributed by atoms with Gasteiger partial charge in [0.25, 0.3) is 5.91 Å². The van der Waals surface area contributed by atoms with Gasteiger partial charge in [0.15, 0.2) is 0 Å². The fraction of sp³-hybridized carbons (Fsp3) is 0.115. The summed E-state index contributed by atoms with van der Waals surface area (Å²) < 4.78 is 6.32. The Labute approximate surface area is 199 Å². The van der Waals surface area contributed by atoms with Gasteiger partial charge in [0.1, 0.15) is 16.8 Å². The summed E-state index contributed by atoms with van der Waals surface area (Å²) in [6.07, 6.45) is 0. The number of anilines is 1. The molecule has 1 amide bonds. The van der Waals surface area contributed by atoms with Gasteiger partial charge in [-0.05, 0) is 76.4 Å². The van der Waals surface area contributed by atoms with E-state index in [9.17, 15) is 4.79 Å². The molecule has 0 aliphatic rings. The number of benzene rings is 4. The van der Waals surface area contributed by atoms with Crippen molar-refractivity contribution < 1.29 is 9.53 Å². The fourth-order valence-corrected chi connectivity index (χ4v) is 4.57. The van der Waals surface area contributed by atoms with Gasteiger partial charge in [0.2, 0.25) is 0 Å². The smallest absolute Gasteiger partial charge is 0.259 e. The normalized spacial score (nSPS) is 11.2. The summed E-state index contributed by atoms with van der Waals surface area (Å²) in [5.41, 5.74) is 5.53. The third-order valence-electron chi connectivity index (χ3n) is 5.63. The van der Waals surface area contributed by atoms with E-state index in [1.165, 1.54) is 5.56 Å². The van der Waals surface area contributed by atoms with Gasteiger partial charge < -0.3 is 10.1 Å². The summed E-state index contributed by atoms with van der Waals surface area (Å²) in [4.78, 5) is 14.9. The molecule has 4 aromatic carbocycles. The summed E-state index contributed by atoms with van der Waals surface area (Å²) in [5, 5.41) is 14.2. The second-order valence-electron chi connectivity index (χ2n) is 7.93. The molecule has 5 rings (SSSR count). The molecule has 0 bridgehead atoms. The predicted octanol–water partition coefficient (Wildman–Crippen LogP) is 6.21. The van der Waals surface area contributed by atoms with Crippen LogP contribution in [0.2, 0.25) is 0 Å². The summed E-state index contributed by atoms with van der Waals surface area (Å²) >= 11 is 3.60. The van der Waals surface area contributed by atoms with Crippen LogP contribution in [0.15, 0.2) is 71.2 Å². The number of nitrogens with one attached hydrogen (secondary N) is 1. The molecule has 0 radical (unpaired) electrons. The Hall–Kier alpha value is -3.71. The van der Waals surface area contributed by atoms with Crippen molar-refractivity contribution in [2.24, 2.45) is 0 Å². The van der Waals surface area contributed by atoms with Gasteiger partial charge in [-0.1, -0.05) is 42.0 Å². The van der Waals surface area contributed by atoms with Crippen molar-refractivity contribution in [3.8, 4) is 11.4 Å². The van der Waals surface area contributed by atoms with E-state index in [-0.39, 0.29) is 5.91 Å². The number of nitrogens with zero attached hydrogens (tertiary/aromatic N) is 3. The van der Waals surface area contributed by atoms with Crippen LogP contribution in [-0.4, -0.2) is 28.0 Å². The van der Waals surface area contributed by atoms with Gasteiger partial charge in [-0.3, -0.25) is 4.79 Å². The van der Waals surface area contributed by atoms with E-state index in [1.54, 1.807) is 11.9 Å². The quantitative estimate of drug-likeness (QED) is 0.318. The maximum atomic E-state index is 13.3. The lowest BCUT2D eigenvalue weighted by Crippen LogP contribution is -2.14. The molecular formula is C26H21BrN4O2. The van der Waals surface area contributed by atoms with E-state index in [2.05, 4.69) is 31.4 Å². The summed E-state index contributed by atoms with van der Waals surface area (Å²) in [5.74, 6) is 0.238. The Morgan fingerprint density at radius 2 is 1.67 bits per heavy atom. The first-order chi connectivity index (χ1) is 15.9. The molecule has 0 saturated carbocycles. The van der Waals surface area contributed by atoms with E-state index in [1.807, 2.05) is 80.6 Å². The van der Waals surface area contributed by atoms with Crippen molar-refractivity contribution in [2.45, 2.75) is 13.8 Å². The minimum atomic E-state index is -0.258. The second kappa shape index (κ2) is 8.33. The zero-order valence-corrected chi connectivity index (χ0v) is 20.0. The number of hydrogen-bond donors (Lipinski definition) is 1. The van der Waals surface area contributed by atoms with Crippen LogP contribution < -0.4 is 10.1 Å². The summed E-state index contributed by atoms with van der Waals surface area (Å²) in [6.45, 7) is 3.98. The molecule has 0 fully saturated rings. The van der Waals surface area contributed by atoms with Crippen LogP contribution >= 0.6 is 15.9 Å². The van der Waals surface area contributed by atoms with Crippen LogP contribution in [-0.2, 0) is 0 Å². The maximum absolute atomic E-state index is 13.3.